The van der Waals surface area contributed by atoms with E-state index in [0.717, 1.165) is 12.8 Å². The minimum absolute atomic E-state index is 0.0988. The SMILES string of the molecule is CCCC(=O)N1CCC(CCC)(C(=O)O)C1. The molecule has 1 heterocycles. The molecule has 16 heavy (non-hydrogen) atoms. The quantitative estimate of drug-likeness (QED) is 0.780. The molecule has 1 unspecified atom stereocenters. The molecule has 0 aliphatic carbocycles. The van der Waals surface area contributed by atoms with E-state index in [1.165, 1.54) is 0 Å². The maximum absolute atomic E-state index is 11.7. The molecule has 1 aliphatic rings. The summed E-state index contributed by atoms with van der Waals surface area (Å²) in [5.74, 6) is -0.650. The molecular weight excluding hydrogens is 206 g/mol. The van der Waals surface area contributed by atoms with Crippen LogP contribution in [0.1, 0.15) is 46.0 Å². The number of carboxylic acids is 1. The molecule has 1 amide bonds. The predicted octanol–water partition coefficient (Wildman–Crippen LogP) is 1.89. The number of nitrogens with zero attached hydrogens (tertiary/aromatic N) is 1. The van der Waals surface area contributed by atoms with Crippen LogP contribution in [0.3, 0.4) is 0 Å². The van der Waals surface area contributed by atoms with E-state index >= 15 is 0 Å². The van der Waals surface area contributed by atoms with Gasteiger partial charge in [0, 0.05) is 19.5 Å². The summed E-state index contributed by atoms with van der Waals surface area (Å²) in [7, 11) is 0. The van der Waals surface area contributed by atoms with Crippen LogP contribution in [-0.2, 0) is 9.59 Å². The van der Waals surface area contributed by atoms with Crippen molar-refractivity contribution in [2.75, 3.05) is 13.1 Å². The lowest BCUT2D eigenvalue weighted by Gasteiger charge is -2.24. The van der Waals surface area contributed by atoms with E-state index in [1.807, 2.05) is 13.8 Å². The van der Waals surface area contributed by atoms with Gasteiger partial charge in [0.15, 0.2) is 0 Å². The molecule has 4 nitrogen and oxygen atoms in total. The van der Waals surface area contributed by atoms with Gasteiger partial charge in [0.1, 0.15) is 0 Å². The Labute approximate surface area is 96.6 Å². The molecular formula is C12H21NO3. The number of likely N-dealkylation sites (tertiary alicyclic amines) is 1. The number of aliphatic carboxylic acids is 1. The van der Waals surface area contributed by atoms with Gasteiger partial charge in [-0.1, -0.05) is 20.3 Å². The smallest absolute Gasteiger partial charge is 0.311 e. The Morgan fingerprint density at radius 2 is 2.00 bits per heavy atom. The minimum atomic E-state index is -0.749. The van der Waals surface area contributed by atoms with Gasteiger partial charge in [-0.3, -0.25) is 9.59 Å². The molecule has 0 aromatic rings. The van der Waals surface area contributed by atoms with Crippen molar-refractivity contribution in [3.05, 3.63) is 0 Å². The number of hydrogen-bond donors (Lipinski definition) is 1. The first-order valence-electron chi connectivity index (χ1n) is 6.07. The molecule has 0 radical (unpaired) electrons. The van der Waals surface area contributed by atoms with Gasteiger partial charge in [0.2, 0.25) is 5.91 Å². The van der Waals surface area contributed by atoms with Gasteiger partial charge in [0.05, 0.1) is 5.41 Å². The van der Waals surface area contributed by atoms with Crippen molar-refractivity contribution in [3.63, 3.8) is 0 Å². The Bertz CT molecular complexity index is 277. The summed E-state index contributed by atoms with van der Waals surface area (Å²) in [5, 5.41) is 9.29. The second kappa shape index (κ2) is 5.32. The molecule has 1 saturated heterocycles. The van der Waals surface area contributed by atoms with E-state index in [4.69, 9.17) is 0 Å². The van der Waals surface area contributed by atoms with Crippen LogP contribution in [0.15, 0.2) is 0 Å². The third kappa shape index (κ3) is 2.54. The topological polar surface area (TPSA) is 57.6 Å². The number of rotatable bonds is 5. The molecule has 0 aromatic heterocycles. The van der Waals surface area contributed by atoms with E-state index in [2.05, 4.69) is 0 Å². The van der Waals surface area contributed by atoms with Crippen molar-refractivity contribution in [1.29, 1.82) is 0 Å². The number of carbonyl (C=O) groups excluding carboxylic acids is 1. The van der Waals surface area contributed by atoms with Gasteiger partial charge >= 0.3 is 5.97 Å². The summed E-state index contributed by atoms with van der Waals surface area (Å²) in [6.07, 6.45) is 3.47. The Morgan fingerprint density at radius 1 is 1.31 bits per heavy atom. The highest BCUT2D eigenvalue weighted by Gasteiger charge is 2.45. The fourth-order valence-corrected chi connectivity index (χ4v) is 2.42. The Morgan fingerprint density at radius 3 is 2.50 bits per heavy atom. The lowest BCUT2D eigenvalue weighted by atomic mass is 9.83. The molecule has 92 valence electrons. The van der Waals surface area contributed by atoms with E-state index < -0.39 is 11.4 Å². The molecule has 0 saturated carbocycles. The predicted molar refractivity (Wildman–Crippen MR) is 61.1 cm³/mol. The van der Waals surface area contributed by atoms with E-state index in [1.54, 1.807) is 4.90 Å². The van der Waals surface area contributed by atoms with Crippen LogP contribution in [0.2, 0.25) is 0 Å². The van der Waals surface area contributed by atoms with Crippen LogP contribution in [-0.4, -0.2) is 35.0 Å². The summed E-state index contributed by atoms with van der Waals surface area (Å²) in [6.45, 7) is 4.95. The average molecular weight is 227 g/mol. The van der Waals surface area contributed by atoms with Crippen LogP contribution in [0.5, 0.6) is 0 Å². The standard InChI is InChI=1S/C12H21NO3/c1-3-5-10(14)13-8-7-12(9-13,6-4-2)11(15)16/h3-9H2,1-2H3,(H,15,16). The average Bonchev–Trinajstić information content (AvgIpc) is 2.64. The summed E-state index contributed by atoms with van der Waals surface area (Å²) in [4.78, 5) is 24.7. The van der Waals surface area contributed by atoms with Gasteiger partial charge < -0.3 is 10.0 Å². The first kappa shape index (κ1) is 13.0. The Hall–Kier alpha value is -1.06. The van der Waals surface area contributed by atoms with E-state index in [0.29, 0.717) is 32.4 Å². The molecule has 0 aromatic carbocycles. The number of carboxylic acid groups (broad SMARTS) is 1. The van der Waals surface area contributed by atoms with Crippen LogP contribution in [0.4, 0.5) is 0 Å². The van der Waals surface area contributed by atoms with Crippen LogP contribution >= 0.6 is 0 Å². The van der Waals surface area contributed by atoms with Gasteiger partial charge in [-0.2, -0.15) is 0 Å². The second-order valence-electron chi connectivity index (χ2n) is 4.65. The summed E-state index contributed by atoms with van der Waals surface area (Å²) >= 11 is 0. The zero-order valence-electron chi connectivity index (χ0n) is 10.2. The van der Waals surface area contributed by atoms with Gasteiger partial charge in [-0.25, -0.2) is 0 Å². The first-order chi connectivity index (χ1) is 7.55. The van der Waals surface area contributed by atoms with Crippen molar-refractivity contribution in [2.45, 2.75) is 46.0 Å². The molecule has 1 N–H and O–H groups in total. The monoisotopic (exact) mass is 227 g/mol. The highest BCUT2D eigenvalue weighted by Crippen LogP contribution is 2.35. The van der Waals surface area contributed by atoms with Crippen molar-refractivity contribution in [1.82, 2.24) is 4.90 Å². The van der Waals surface area contributed by atoms with E-state index in [9.17, 15) is 14.7 Å². The maximum atomic E-state index is 11.7. The molecule has 0 spiro atoms. The molecule has 1 atom stereocenters. The molecule has 1 rings (SSSR count). The van der Waals surface area contributed by atoms with Crippen molar-refractivity contribution in [3.8, 4) is 0 Å². The Kier molecular flexibility index (Phi) is 4.33. The normalized spacial score (nSPS) is 24.8. The highest BCUT2D eigenvalue weighted by molar-refractivity contribution is 5.80. The van der Waals surface area contributed by atoms with Gasteiger partial charge in [-0.05, 0) is 19.3 Å². The third-order valence-electron chi connectivity index (χ3n) is 3.35. The maximum Gasteiger partial charge on any atom is 0.311 e. The fraction of sp³-hybridized carbons (Fsp3) is 0.833. The summed E-state index contributed by atoms with van der Waals surface area (Å²) in [6, 6.07) is 0. The number of hydrogen-bond acceptors (Lipinski definition) is 2. The lowest BCUT2D eigenvalue weighted by Crippen LogP contribution is -2.36. The van der Waals surface area contributed by atoms with E-state index in [-0.39, 0.29) is 5.91 Å². The van der Waals surface area contributed by atoms with Crippen molar-refractivity contribution >= 4 is 11.9 Å². The highest BCUT2D eigenvalue weighted by atomic mass is 16.4. The molecule has 4 heteroatoms. The fourth-order valence-electron chi connectivity index (χ4n) is 2.42. The second-order valence-corrected chi connectivity index (χ2v) is 4.65. The lowest BCUT2D eigenvalue weighted by molar-refractivity contribution is -0.149. The van der Waals surface area contributed by atoms with Gasteiger partial charge in [-0.15, -0.1) is 0 Å². The molecule has 1 aliphatic heterocycles. The third-order valence-corrected chi connectivity index (χ3v) is 3.35. The first-order valence-corrected chi connectivity index (χ1v) is 6.07. The zero-order chi connectivity index (χ0) is 12.2. The largest absolute Gasteiger partial charge is 0.481 e. The van der Waals surface area contributed by atoms with Crippen LogP contribution in [0, 0.1) is 5.41 Å². The van der Waals surface area contributed by atoms with Crippen molar-refractivity contribution < 1.29 is 14.7 Å². The molecule has 1 fully saturated rings. The van der Waals surface area contributed by atoms with Gasteiger partial charge in [0.25, 0.3) is 0 Å². The van der Waals surface area contributed by atoms with Crippen LogP contribution in [0.25, 0.3) is 0 Å². The Balaban J connectivity index is 2.66. The molecule has 0 bridgehead atoms. The van der Waals surface area contributed by atoms with Crippen LogP contribution < -0.4 is 0 Å². The minimum Gasteiger partial charge on any atom is -0.481 e. The number of amides is 1. The van der Waals surface area contributed by atoms with Crippen molar-refractivity contribution in [2.24, 2.45) is 5.41 Å². The summed E-state index contributed by atoms with van der Waals surface area (Å²) in [5.41, 5.74) is -0.682. The summed E-state index contributed by atoms with van der Waals surface area (Å²) < 4.78 is 0. The number of carbonyl (C=O) groups is 2. The zero-order valence-corrected chi connectivity index (χ0v) is 10.2.